The predicted octanol–water partition coefficient (Wildman–Crippen LogP) is 5.04. The van der Waals surface area contributed by atoms with Gasteiger partial charge in [-0.25, -0.2) is 12.8 Å². The van der Waals surface area contributed by atoms with E-state index in [0.29, 0.717) is 22.2 Å². The van der Waals surface area contributed by atoms with Crippen LogP contribution in [0.2, 0.25) is 5.02 Å². The van der Waals surface area contributed by atoms with Crippen LogP contribution in [0.15, 0.2) is 59.8 Å². The maximum absolute atomic E-state index is 13.9. The molecule has 1 atom stereocenters. The highest BCUT2D eigenvalue weighted by atomic mass is 35.5. The van der Waals surface area contributed by atoms with Gasteiger partial charge in [-0.1, -0.05) is 43.6 Å². The summed E-state index contributed by atoms with van der Waals surface area (Å²) < 4.78 is 43.0. The second-order valence-corrected chi connectivity index (χ2v) is 8.70. The molecule has 0 spiro atoms. The summed E-state index contributed by atoms with van der Waals surface area (Å²) in [5, 5.41) is 4.38. The number of nitrogens with zero attached hydrogens (tertiary/aromatic N) is 2. The van der Waals surface area contributed by atoms with Crippen molar-refractivity contribution in [2.45, 2.75) is 37.6 Å². The Morgan fingerprint density at radius 3 is 2.57 bits per heavy atom. The molecule has 5 nitrogen and oxygen atoms in total. The third-order valence-corrected chi connectivity index (χ3v) is 6.39. The second kappa shape index (κ2) is 8.32. The zero-order valence-electron chi connectivity index (χ0n) is 15.6. The van der Waals surface area contributed by atoms with Gasteiger partial charge >= 0.3 is 0 Å². The van der Waals surface area contributed by atoms with Crippen LogP contribution in [0.4, 0.5) is 10.1 Å². The van der Waals surface area contributed by atoms with Gasteiger partial charge in [-0.3, -0.25) is 9.40 Å². The molecule has 3 aromatic rings. The summed E-state index contributed by atoms with van der Waals surface area (Å²) in [5.74, 6) is -0.0697. The van der Waals surface area contributed by atoms with E-state index in [2.05, 4.69) is 23.7 Å². The summed E-state index contributed by atoms with van der Waals surface area (Å²) >= 11 is 6.03. The number of benzene rings is 2. The van der Waals surface area contributed by atoms with E-state index in [1.54, 1.807) is 18.2 Å². The summed E-state index contributed by atoms with van der Waals surface area (Å²) in [4.78, 5) is 0.171. The summed E-state index contributed by atoms with van der Waals surface area (Å²) in [5.41, 5.74) is 1.68. The van der Waals surface area contributed by atoms with Gasteiger partial charge in [0.1, 0.15) is 5.82 Å². The van der Waals surface area contributed by atoms with Crippen molar-refractivity contribution in [3.05, 3.63) is 76.8 Å². The maximum Gasteiger partial charge on any atom is 0.261 e. The first-order chi connectivity index (χ1) is 13.3. The Labute approximate surface area is 169 Å². The fraction of sp³-hybridized carbons (Fsp3) is 0.250. The lowest BCUT2D eigenvalue weighted by atomic mass is 9.99. The highest BCUT2D eigenvalue weighted by molar-refractivity contribution is 7.92. The van der Waals surface area contributed by atoms with Crippen LogP contribution >= 0.6 is 11.6 Å². The number of nitrogens with one attached hydrogen (secondary N) is 1. The number of halogens is 2. The van der Waals surface area contributed by atoms with Crippen molar-refractivity contribution in [2.24, 2.45) is 0 Å². The van der Waals surface area contributed by atoms with Gasteiger partial charge in [-0.05, 0) is 42.2 Å². The lowest BCUT2D eigenvalue weighted by Gasteiger charge is -2.10. The fourth-order valence-electron chi connectivity index (χ4n) is 2.77. The minimum atomic E-state index is -3.74. The van der Waals surface area contributed by atoms with Crippen molar-refractivity contribution in [1.82, 2.24) is 9.78 Å². The van der Waals surface area contributed by atoms with E-state index < -0.39 is 15.8 Å². The van der Waals surface area contributed by atoms with Gasteiger partial charge in [-0.2, -0.15) is 5.10 Å². The molecule has 1 N–H and O–H groups in total. The molecule has 0 saturated carbocycles. The van der Waals surface area contributed by atoms with Crippen molar-refractivity contribution in [3.8, 4) is 0 Å². The molecule has 3 rings (SSSR count). The van der Waals surface area contributed by atoms with Crippen LogP contribution in [0.1, 0.15) is 37.3 Å². The Morgan fingerprint density at radius 2 is 1.93 bits per heavy atom. The topological polar surface area (TPSA) is 64.0 Å². The minimum Gasteiger partial charge on any atom is -0.276 e. The summed E-state index contributed by atoms with van der Waals surface area (Å²) in [6, 6.07) is 11.3. The van der Waals surface area contributed by atoms with E-state index in [1.165, 1.54) is 29.2 Å². The van der Waals surface area contributed by atoms with Gasteiger partial charge in [0, 0.05) is 16.8 Å². The van der Waals surface area contributed by atoms with Crippen LogP contribution < -0.4 is 4.72 Å². The SMILES string of the molecule is CCC(C)c1ccc(S(=O)(=O)Nc2cnn(Cc3c(F)cccc3Cl)c2)cc1. The molecule has 2 aromatic carbocycles. The van der Waals surface area contributed by atoms with Gasteiger partial charge in [0.05, 0.1) is 23.3 Å². The van der Waals surface area contributed by atoms with Gasteiger partial charge in [0.15, 0.2) is 0 Å². The molecule has 0 fully saturated rings. The average Bonchev–Trinajstić information content (AvgIpc) is 3.10. The predicted molar refractivity (Wildman–Crippen MR) is 109 cm³/mol. The van der Waals surface area contributed by atoms with E-state index in [1.807, 2.05) is 12.1 Å². The normalized spacial score (nSPS) is 12.7. The first-order valence-corrected chi connectivity index (χ1v) is 10.7. The molecule has 0 aliphatic carbocycles. The van der Waals surface area contributed by atoms with E-state index in [0.717, 1.165) is 12.0 Å². The Hall–Kier alpha value is -2.38. The molecular weight excluding hydrogens is 401 g/mol. The van der Waals surface area contributed by atoms with Crippen LogP contribution in [-0.2, 0) is 16.6 Å². The molecule has 0 radical (unpaired) electrons. The van der Waals surface area contributed by atoms with E-state index in [9.17, 15) is 12.8 Å². The van der Waals surface area contributed by atoms with Crippen molar-refractivity contribution in [3.63, 3.8) is 0 Å². The maximum atomic E-state index is 13.9. The number of hydrogen-bond acceptors (Lipinski definition) is 3. The molecule has 148 valence electrons. The molecule has 0 amide bonds. The molecule has 1 unspecified atom stereocenters. The Kier molecular flexibility index (Phi) is 6.05. The van der Waals surface area contributed by atoms with Crippen LogP contribution in [0.3, 0.4) is 0 Å². The van der Waals surface area contributed by atoms with Crippen LogP contribution in [0.5, 0.6) is 0 Å². The minimum absolute atomic E-state index is 0.0941. The number of aromatic nitrogens is 2. The zero-order chi connectivity index (χ0) is 20.3. The van der Waals surface area contributed by atoms with Crippen molar-refractivity contribution >= 4 is 27.3 Å². The summed E-state index contributed by atoms with van der Waals surface area (Å²) in [7, 11) is -3.74. The number of sulfonamides is 1. The molecule has 28 heavy (non-hydrogen) atoms. The lowest BCUT2D eigenvalue weighted by Crippen LogP contribution is -2.12. The van der Waals surface area contributed by atoms with Crippen LogP contribution in [-0.4, -0.2) is 18.2 Å². The number of anilines is 1. The Balaban J connectivity index is 1.75. The van der Waals surface area contributed by atoms with Crippen molar-refractivity contribution < 1.29 is 12.8 Å². The smallest absolute Gasteiger partial charge is 0.261 e. The third-order valence-electron chi connectivity index (χ3n) is 4.64. The number of rotatable bonds is 7. The average molecular weight is 422 g/mol. The van der Waals surface area contributed by atoms with Gasteiger partial charge in [0.2, 0.25) is 0 Å². The van der Waals surface area contributed by atoms with Crippen molar-refractivity contribution in [1.29, 1.82) is 0 Å². The molecule has 1 heterocycles. The first-order valence-electron chi connectivity index (χ1n) is 8.88. The monoisotopic (exact) mass is 421 g/mol. The highest BCUT2D eigenvalue weighted by Crippen LogP contribution is 2.23. The molecule has 8 heteroatoms. The lowest BCUT2D eigenvalue weighted by molar-refractivity contribution is 0.585. The van der Waals surface area contributed by atoms with Gasteiger partial charge < -0.3 is 0 Å². The van der Waals surface area contributed by atoms with Gasteiger partial charge in [0.25, 0.3) is 10.0 Å². The Morgan fingerprint density at radius 1 is 1.21 bits per heavy atom. The van der Waals surface area contributed by atoms with E-state index >= 15 is 0 Å². The first kappa shape index (κ1) is 20.4. The highest BCUT2D eigenvalue weighted by Gasteiger charge is 2.16. The molecule has 0 aliphatic heterocycles. The molecule has 1 aromatic heterocycles. The summed E-state index contributed by atoms with van der Waals surface area (Å²) in [6.07, 6.45) is 3.85. The quantitative estimate of drug-likeness (QED) is 0.581. The molecule has 0 saturated heterocycles. The zero-order valence-corrected chi connectivity index (χ0v) is 17.1. The third kappa shape index (κ3) is 4.54. The molecular formula is C20H21ClFN3O2S. The van der Waals surface area contributed by atoms with Crippen molar-refractivity contribution in [2.75, 3.05) is 4.72 Å². The number of hydrogen-bond donors (Lipinski definition) is 1. The van der Waals surface area contributed by atoms with E-state index in [4.69, 9.17) is 11.6 Å². The standard InChI is InChI=1S/C20H21ClFN3O2S/c1-3-14(2)15-7-9-17(10-8-15)28(26,27)24-16-11-23-25(12-16)13-18-19(21)5-4-6-20(18)22/h4-12,14,24H,3,13H2,1-2H3. The molecule has 0 bridgehead atoms. The van der Waals surface area contributed by atoms with Crippen LogP contribution in [0.25, 0.3) is 0 Å². The largest absolute Gasteiger partial charge is 0.276 e. The second-order valence-electron chi connectivity index (χ2n) is 6.61. The summed E-state index contributed by atoms with van der Waals surface area (Å²) in [6.45, 7) is 4.28. The molecule has 0 aliphatic rings. The Bertz CT molecular complexity index is 1050. The van der Waals surface area contributed by atoms with Crippen LogP contribution in [0, 0.1) is 5.82 Å². The van der Waals surface area contributed by atoms with E-state index in [-0.39, 0.29) is 11.4 Å². The van der Waals surface area contributed by atoms with Gasteiger partial charge in [-0.15, -0.1) is 0 Å². The fourth-order valence-corrected chi connectivity index (χ4v) is 4.02.